The SMILES string of the molecule is CCOC(=O)C1CCN(S(=O)(=O)N(C)C2CCNC2)CC1. The average Bonchev–Trinajstić information content (AvgIpc) is 3.01. The van der Waals surface area contributed by atoms with Crippen molar-refractivity contribution in [2.24, 2.45) is 5.92 Å². The summed E-state index contributed by atoms with van der Waals surface area (Å²) in [6.45, 7) is 4.48. The quantitative estimate of drug-likeness (QED) is 0.710. The summed E-state index contributed by atoms with van der Waals surface area (Å²) in [7, 11) is -1.79. The number of hydrogen-bond donors (Lipinski definition) is 1. The zero-order chi connectivity index (χ0) is 15.5. The van der Waals surface area contributed by atoms with E-state index in [4.69, 9.17) is 4.74 Å². The zero-order valence-electron chi connectivity index (χ0n) is 12.7. The van der Waals surface area contributed by atoms with Gasteiger partial charge in [0, 0.05) is 32.7 Å². The predicted molar refractivity (Wildman–Crippen MR) is 78.9 cm³/mol. The van der Waals surface area contributed by atoms with Crippen LogP contribution in [0.1, 0.15) is 26.2 Å². The maximum Gasteiger partial charge on any atom is 0.309 e. The van der Waals surface area contributed by atoms with Crippen LogP contribution >= 0.6 is 0 Å². The van der Waals surface area contributed by atoms with E-state index in [1.165, 1.54) is 8.61 Å². The summed E-state index contributed by atoms with van der Waals surface area (Å²) >= 11 is 0. The van der Waals surface area contributed by atoms with Gasteiger partial charge in [-0.2, -0.15) is 17.0 Å². The third kappa shape index (κ3) is 3.74. The number of esters is 1. The molecule has 7 nitrogen and oxygen atoms in total. The molecule has 0 amide bonds. The highest BCUT2D eigenvalue weighted by atomic mass is 32.2. The van der Waals surface area contributed by atoms with Gasteiger partial charge < -0.3 is 10.1 Å². The number of ether oxygens (including phenoxy) is 1. The van der Waals surface area contributed by atoms with Gasteiger partial charge in [-0.3, -0.25) is 4.79 Å². The standard InChI is InChI=1S/C13H25N3O4S/c1-3-20-13(17)11-5-8-16(9-6-11)21(18,19)15(2)12-4-7-14-10-12/h11-12,14H,3-10H2,1-2H3. The lowest BCUT2D eigenvalue weighted by molar-refractivity contribution is -0.149. The lowest BCUT2D eigenvalue weighted by atomic mass is 9.98. The first-order valence-corrected chi connectivity index (χ1v) is 8.97. The zero-order valence-corrected chi connectivity index (χ0v) is 13.6. The van der Waals surface area contributed by atoms with Crippen molar-refractivity contribution in [2.75, 3.05) is 39.8 Å². The molecule has 0 bridgehead atoms. The Hall–Kier alpha value is -0.700. The van der Waals surface area contributed by atoms with Crippen LogP contribution in [0.4, 0.5) is 0 Å². The lowest BCUT2D eigenvalue weighted by Crippen LogP contribution is -2.50. The number of carbonyl (C=O) groups is 1. The van der Waals surface area contributed by atoms with Crippen molar-refractivity contribution in [2.45, 2.75) is 32.2 Å². The van der Waals surface area contributed by atoms with Crippen LogP contribution in [0.2, 0.25) is 0 Å². The van der Waals surface area contributed by atoms with Gasteiger partial charge in [0.1, 0.15) is 0 Å². The Morgan fingerprint density at radius 2 is 2.00 bits per heavy atom. The summed E-state index contributed by atoms with van der Waals surface area (Å²) in [6, 6.07) is 0.0257. The number of nitrogens with one attached hydrogen (secondary N) is 1. The molecule has 0 aromatic carbocycles. The Morgan fingerprint density at radius 1 is 1.33 bits per heavy atom. The van der Waals surface area contributed by atoms with Crippen molar-refractivity contribution in [3.05, 3.63) is 0 Å². The van der Waals surface area contributed by atoms with Crippen LogP contribution in [0, 0.1) is 5.92 Å². The third-order valence-electron chi connectivity index (χ3n) is 4.31. The number of nitrogens with zero attached hydrogens (tertiary/aromatic N) is 2. The highest BCUT2D eigenvalue weighted by Gasteiger charge is 2.37. The molecule has 21 heavy (non-hydrogen) atoms. The Kier molecular flexibility index (Phi) is 5.59. The van der Waals surface area contributed by atoms with Gasteiger partial charge in [-0.25, -0.2) is 0 Å². The summed E-state index contributed by atoms with van der Waals surface area (Å²) in [4.78, 5) is 11.7. The van der Waals surface area contributed by atoms with Gasteiger partial charge in [0.15, 0.2) is 0 Å². The van der Waals surface area contributed by atoms with E-state index in [0.29, 0.717) is 39.1 Å². The molecule has 1 unspecified atom stereocenters. The monoisotopic (exact) mass is 319 g/mol. The number of carbonyl (C=O) groups excluding carboxylic acids is 1. The lowest BCUT2D eigenvalue weighted by Gasteiger charge is -2.34. The second kappa shape index (κ2) is 7.04. The molecule has 122 valence electrons. The van der Waals surface area contributed by atoms with E-state index < -0.39 is 10.2 Å². The number of hydrogen-bond acceptors (Lipinski definition) is 5. The molecule has 2 heterocycles. The molecule has 0 aromatic rings. The van der Waals surface area contributed by atoms with Crippen LogP contribution in [-0.2, 0) is 19.7 Å². The topological polar surface area (TPSA) is 79.0 Å². The predicted octanol–water partition coefficient (Wildman–Crippen LogP) is -0.200. The molecular weight excluding hydrogens is 294 g/mol. The molecule has 2 aliphatic heterocycles. The Labute approximate surface area is 126 Å². The van der Waals surface area contributed by atoms with Crippen LogP contribution in [0.5, 0.6) is 0 Å². The molecule has 1 atom stereocenters. The van der Waals surface area contributed by atoms with E-state index in [1.807, 2.05) is 0 Å². The molecule has 0 spiro atoms. The molecule has 0 saturated carbocycles. The molecular formula is C13H25N3O4S. The van der Waals surface area contributed by atoms with Gasteiger partial charge in [-0.05, 0) is 32.7 Å². The summed E-state index contributed by atoms with van der Waals surface area (Å²) in [5.41, 5.74) is 0. The minimum absolute atomic E-state index is 0.0257. The fourth-order valence-corrected chi connectivity index (χ4v) is 4.50. The van der Waals surface area contributed by atoms with Crippen LogP contribution < -0.4 is 5.32 Å². The van der Waals surface area contributed by atoms with Gasteiger partial charge in [-0.15, -0.1) is 0 Å². The molecule has 2 rings (SSSR count). The molecule has 0 aliphatic carbocycles. The number of piperidine rings is 1. The molecule has 1 N–H and O–H groups in total. The van der Waals surface area contributed by atoms with Crippen LogP contribution in [0.15, 0.2) is 0 Å². The van der Waals surface area contributed by atoms with Crippen molar-refractivity contribution in [3.63, 3.8) is 0 Å². The third-order valence-corrected chi connectivity index (χ3v) is 6.36. The maximum atomic E-state index is 12.6. The highest BCUT2D eigenvalue weighted by molar-refractivity contribution is 7.86. The maximum absolute atomic E-state index is 12.6. The minimum Gasteiger partial charge on any atom is -0.466 e. The van der Waals surface area contributed by atoms with Gasteiger partial charge in [0.2, 0.25) is 0 Å². The fraction of sp³-hybridized carbons (Fsp3) is 0.923. The van der Waals surface area contributed by atoms with E-state index in [0.717, 1.165) is 13.0 Å². The second-order valence-corrected chi connectivity index (χ2v) is 7.58. The highest BCUT2D eigenvalue weighted by Crippen LogP contribution is 2.23. The van der Waals surface area contributed by atoms with E-state index in [1.54, 1.807) is 14.0 Å². The molecule has 2 fully saturated rings. The van der Waals surface area contributed by atoms with E-state index in [-0.39, 0.29) is 17.9 Å². The van der Waals surface area contributed by atoms with Crippen molar-refractivity contribution in [1.29, 1.82) is 0 Å². The first-order valence-electron chi connectivity index (χ1n) is 7.57. The fourth-order valence-electron chi connectivity index (χ4n) is 2.90. The molecule has 2 aliphatic rings. The first-order chi connectivity index (χ1) is 9.96. The van der Waals surface area contributed by atoms with Crippen LogP contribution in [0.25, 0.3) is 0 Å². The van der Waals surface area contributed by atoms with E-state index in [2.05, 4.69) is 5.32 Å². The Morgan fingerprint density at radius 3 is 2.52 bits per heavy atom. The number of likely N-dealkylation sites (N-methyl/N-ethyl adjacent to an activating group) is 1. The molecule has 2 saturated heterocycles. The summed E-state index contributed by atoms with van der Waals surface area (Å²) in [5, 5.41) is 3.18. The van der Waals surface area contributed by atoms with E-state index in [9.17, 15) is 13.2 Å². The molecule has 8 heteroatoms. The first kappa shape index (κ1) is 16.7. The summed E-state index contributed by atoms with van der Waals surface area (Å²) in [5.74, 6) is -0.377. The van der Waals surface area contributed by atoms with Crippen LogP contribution in [-0.4, -0.2) is 68.9 Å². The summed E-state index contributed by atoms with van der Waals surface area (Å²) < 4.78 is 33.1. The van der Waals surface area contributed by atoms with Crippen molar-refractivity contribution < 1.29 is 17.9 Å². The van der Waals surface area contributed by atoms with Gasteiger partial charge in [0.25, 0.3) is 10.2 Å². The minimum atomic E-state index is -3.43. The van der Waals surface area contributed by atoms with Gasteiger partial charge >= 0.3 is 5.97 Å². The Bertz CT molecular complexity index is 454. The number of rotatable bonds is 5. The largest absolute Gasteiger partial charge is 0.466 e. The van der Waals surface area contributed by atoms with Crippen molar-refractivity contribution >= 4 is 16.2 Å². The normalized spacial score (nSPS) is 25.4. The van der Waals surface area contributed by atoms with Gasteiger partial charge in [0.05, 0.1) is 12.5 Å². The molecule has 0 aromatic heterocycles. The van der Waals surface area contributed by atoms with Crippen molar-refractivity contribution in [1.82, 2.24) is 13.9 Å². The molecule has 0 radical (unpaired) electrons. The second-order valence-electron chi connectivity index (χ2n) is 5.60. The van der Waals surface area contributed by atoms with Gasteiger partial charge in [-0.1, -0.05) is 0 Å². The van der Waals surface area contributed by atoms with Crippen LogP contribution in [0.3, 0.4) is 0 Å². The summed E-state index contributed by atoms with van der Waals surface area (Å²) in [6.07, 6.45) is 1.92. The Balaban J connectivity index is 1.92. The smallest absolute Gasteiger partial charge is 0.309 e. The van der Waals surface area contributed by atoms with E-state index >= 15 is 0 Å². The van der Waals surface area contributed by atoms with Crippen molar-refractivity contribution in [3.8, 4) is 0 Å². The average molecular weight is 319 g/mol.